The van der Waals surface area contributed by atoms with Gasteiger partial charge in [-0.05, 0) is 52.9 Å². The molecule has 2 aliphatic carbocycles. The van der Waals surface area contributed by atoms with Crippen molar-refractivity contribution < 1.29 is 9.47 Å². The molecule has 3 fully saturated rings. The third-order valence-corrected chi connectivity index (χ3v) is 5.82. The van der Waals surface area contributed by atoms with E-state index in [0.29, 0.717) is 23.6 Å². The minimum Gasteiger partial charge on any atom is -0.378 e. The zero-order chi connectivity index (χ0) is 14.2. The highest BCUT2D eigenvalue weighted by Crippen LogP contribution is 2.55. The SMILES string of the molecule is CCOC1CC(NC2CCOC(C)(C)C2)C12CCCC2. The first kappa shape index (κ1) is 14.8. The van der Waals surface area contributed by atoms with Crippen LogP contribution in [0, 0.1) is 5.41 Å². The average molecular weight is 281 g/mol. The first-order chi connectivity index (χ1) is 9.56. The fourth-order valence-electron chi connectivity index (χ4n) is 4.78. The predicted molar refractivity (Wildman–Crippen MR) is 80.9 cm³/mol. The van der Waals surface area contributed by atoms with Gasteiger partial charge in [-0.25, -0.2) is 0 Å². The van der Waals surface area contributed by atoms with Crippen molar-refractivity contribution >= 4 is 0 Å². The Morgan fingerprint density at radius 2 is 2.00 bits per heavy atom. The molecule has 1 N–H and O–H groups in total. The standard InChI is InChI=1S/C17H31NO2/c1-4-19-15-11-14(17(15)8-5-6-9-17)18-13-7-10-20-16(2,3)12-13/h13-15,18H,4-12H2,1-3H3. The summed E-state index contributed by atoms with van der Waals surface area (Å²) in [4.78, 5) is 0. The van der Waals surface area contributed by atoms with Crippen LogP contribution in [0.15, 0.2) is 0 Å². The Morgan fingerprint density at radius 3 is 2.65 bits per heavy atom. The summed E-state index contributed by atoms with van der Waals surface area (Å²) in [5.41, 5.74) is 0.500. The molecule has 3 heteroatoms. The van der Waals surface area contributed by atoms with Crippen molar-refractivity contribution in [3.05, 3.63) is 0 Å². The van der Waals surface area contributed by atoms with E-state index in [1.54, 1.807) is 0 Å². The van der Waals surface area contributed by atoms with Gasteiger partial charge in [-0.3, -0.25) is 0 Å². The van der Waals surface area contributed by atoms with Gasteiger partial charge in [0, 0.05) is 30.7 Å². The minimum atomic E-state index is 0.0435. The zero-order valence-corrected chi connectivity index (χ0v) is 13.4. The Morgan fingerprint density at radius 1 is 1.25 bits per heavy atom. The highest BCUT2D eigenvalue weighted by molar-refractivity contribution is 5.10. The maximum absolute atomic E-state index is 6.01. The second-order valence-electron chi connectivity index (χ2n) is 7.64. The van der Waals surface area contributed by atoms with Crippen molar-refractivity contribution in [3.8, 4) is 0 Å². The monoisotopic (exact) mass is 281 g/mol. The lowest BCUT2D eigenvalue weighted by Crippen LogP contribution is -2.65. The van der Waals surface area contributed by atoms with Gasteiger partial charge in [0.1, 0.15) is 0 Å². The Hall–Kier alpha value is -0.120. The zero-order valence-electron chi connectivity index (χ0n) is 13.4. The Balaban J connectivity index is 1.60. The van der Waals surface area contributed by atoms with E-state index >= 15 is 0 Å². The van der Waals surface area contributed by atoms with E-state index < -0.39 is 0 Å². The summed E-state index contributed by atoms with van der Waals surface area (Å²) in [6, 6.07) is 1.31. The predicted octanol–water partition coefficient (Wildman–Crippen LogP) is 3.27. The molecule has 1 aliphatic heterocycles. The molecule has 1 spiro atoms. The van der Waals surface area contributed by atoms with Crippen LogP contribution in [0.4, 0.5) is 0 Å². The molecule has 1 heterocycles. The topological polar surface area (TPSA) is 30.5 Å². The lowest BCUT2D eigenvalue weighted by molar-refractivity contribution is -0.139. The highest BCUT2D eigenvalue weighted by atomic mass is 16.5. The van der Waals surface area contributed by atoms with E-state index in [-0.39, 0.29) is 5.60 Å². The molecule has 20 heavy (non-hydrogen) atoms. The molecule has 0 radical (unpaired) electrons. The van der Waals surface area contributed by atoms with E-state index in [0.717, 1.165) is 26.1 Å². The van der Waals surface area contributed by atoms with E-state index in [4.69, 9.17) is 9.47 Å². The first-order valence-electron chi connectivity index (χ1n) is 8.57. The summed E-state index contributed by atoms with van der Waals surface area (Å²) >= 11 is 0. The first-order valence-corrected chi connectivity index (χ1v) is 8.57. The third kappa shape index (κ3) is 2.65. The van der Waals surface area contributed by atoms with Gasteiger partial charge in [-0.1, -0.05) is 12.8 Å². The van der Waals surface area contributed by atoms with Crippen molar-refractivity contribution in [2.75, 3.05) is 13.2 Å². The van der Waals surface area contributed by atoms with Crippen molar-refractivity contribution in [3.63, 3.8) is 0 Å². The van der Waals surface area contributed by atoms with Gasteiger partial charge in [0.25, 0.3) is 0 Å². The van der Waals surface area contributed by atoms with Gasteiger partial charge in [0.05, 0.1) is 11.7 Å². The molecule has 3 nitrogen and oxygen atoms in total. The van der Waals surface area contributed by atoms with Gasteiger partial charge < -0.3 is 14.8 Å². The molecule has 116 valence electrons. The van der Waals surface area contributed by atoms with Crippen LogP contribution in [-0.4, -0.2) is 37.0 Å². The smallest absolute Gasteiger partial charge is 0.0661 e. The molecule has 0 aromatic rings. The maximum Gasteiger partial charge on any atom is 0.0661 e. The van der Waals surface area contributed by atoms with Crippen LogP contribution in [0.2, 0.25) is 0 Å². The molecule has 3 aliphatic rings. The van der Waals surface area contributed by atoms with Crippen LogP contribution in [0.1, 0.15) is 65.7 Å². The van der Waals surface area contributed by atoms with Crippen molar-refractivity contribution in [2.24, 2.45) is 5.41 Å². The van der Waals surface area contributed by atoms with Crippen LogP contribution in [0.5, 0.6) is 0 Å². The summed E-state index contributed by atoms with van der Waals surface area (Å²) in [7, 11) is 0. The van der Waals surface area contributed by atoms with E-state index in [1.807, 2.05) is 0 Å². The molecule has 3 rings (SSSR count). The number of hydrogen-bond acceptors (Lipinski definition) is 3. The van der Waals surface area contributed by atoms with Crippen molar-refractivity contribution in [1.29, 1.82) is 0 Å². The molecular formula is C17H31NO2. The number of hydrogen-bond donors (Lipinski definition) is 1. The quantitative estimate of drug-likeness (QED) is 0.858. The van der Waals surface area contributed by atoms with Gasteiger partial charge in [-0.2, -0.15) is 0 Å². The second-order valence-corrected chi connectivity index (χ2v) is 7.64. The fourth-order valence-corrected chi connectivity index (χ4v) is 4.78. The number of ether oxygens (including phenoxy) is 2. The molecule has 0 aromatic heterocycles. The molecule has 0 amide bonds. The normalized spacial score (nSPS) is 38.9. The van der Waals surface area contributed by atoms with Crippen LogP contribution in [0.25, 0.3) is 0 Å². The van der Waals surface area contributed by atoms with E-state index in [9.17, 15) is 0 Å². The van der Waals surface area contributed by atoms with E-state index in [2.05, 4.69) is 26.1 Å². The molecular weight excluding hydrogens is 250 g/mol. The maximum atomic E-state index is 6.01. The summed E-state index contributed by atoms with van der Waals surface area (Å²) in [5, 5.41) is 3.97. The summed E-state index contributed by atoms with van der Waals surface area (Å²) in [6.07, 6.45) is 9.53. The van der Waals surface area contributed by atoms with Gasteiger partial charge in [-0.15, -0.1) is 0 Å². The molecule has 2 saturated carbocycles. The van der Waals surface area contributed by atoms with Crippen LogP contribution < -0.4 is 5.32 Å². The van der Waals surface area contributed by atoms with E-state index in [1.165, 1.54) is 32.1 Å². The Labute approximate surface area is 123 Å². The fraction of sp³-hybridized carbons (Fsp3) is 1.00. The largest absolute Gasteiger partial charge is 0.378 e. The van der Waals surface area contributed by atoms with Crippen LogP contribution >= 0.6 is 0 Å². The van der Waals surface area contributed by atoms with Crippen LogP contribution in [-0.2, 0) is 9.47 Å². The Bertz CT molecular complexity index is 336. The molecule has 1 saturated heterocycles. The van der Waals surface area contributed by atoms with Crippen LogP contribution in [0.3, 0.4) is 0 Å². The number of rotatable bonds is 4. The van der Waals surface area contributed by atoms with Gasteiger partial charge >= 0.3 is 0 Å². The Kier molecular flexibility index (Phi) is 4.13. The molecule has 0 aromatic carbocycles. The third-order valence-electron chi connectivity index (χ3n) is 5.82. The lowest BCUT2D eigenvalue weighted by Gasteiger charge is -2.56. The summed E-state index contributed by atoms with van der Waals surface area (Å²) in [5.74, 6) is 0. The summed E-state index contributed by atoms with van der Waals surface area (Å²) < 4.78 is 11.9. The second kappa shape index (κ2) is 5.58. The highest BCUT2D eigenvalue weighted by Gasteiger charge is 2.57. The lowest BCUT2D eigenvalue weighted by atomic mass is 9.60. The number of nitrogens with one attached hydrogen (secondary N) is 1. The average Bonchev–Trinajstić information content (AvgIpc) is 2.89. The van der Waals surface area contributed by atoms with Crippen molar-refractivity contribution in [1.82, 2.24) is 5.32 Å². The van der Waals surface area contributed by atoms with Crippen molar-refractivity contribution in [2.45, 2.75) is 89.5 Å². The molecule has 3 unspecified atom stereocenters. The molecule has 0 bridgehead atoms. The molecule has 3 atom stereocenters. The minimum absolute atomic E-state index is 0.0435. The summed E-state index contributed by atoms with van der Waals surface area (Å²) in [6.45, 7) is 8.33. The van der Waals surface area contributed by atoms with Gasteiger partial charge in [0.15, 0.2) is 0 Å². The van der Waals surface area contributed by atoms with Gasteiger partial charge in [0.2, 0.25) is 0 Å².